The van der Waals surface area contributed by atoms with E-state index in [0.717, 1.165) is 22.0 Å². The third-order valence-electron chi connectivity index (χ3n) is 5.01. The SMILES string of the molecule is CC(C)(C)OC(=O)N[C@H](Cc1c[nH]c2ccccc12)C(=O)N/N=C\c1cccc2nccnc12. The monoisotopic (exact) mass is 458 g/mol. The minimum Gasteiger partial charge on any atom is -0.444 e. The average Bonchev–Trinajstić information content (AvgIpc) is 3.20. The number of fused-ring (bicyclic) bond motifs is 2. The third kappa shape index (κ3) is 5.55. The van der Waals surface area contributed by atoms with Crippen LogP contribution in [0, 0.1) is 0 Å². The first-order valence-corrected chi connectivity index (χ1v) is 10.9. The number of benzene rings is 2. The number of amides is 2. The molecule has 2 aromatic carbocycles. The highest BCUT2D eigenvalue weighted by Gasteiger charge is 2.25. The molecule has 0 bridgehead atoms. The minimum absolute atomic E-state index is 0.254. The van der Waals surface area contributed by atoms with Gasteiger partial charge in [-0.15, -0.1) is 0 Å². The fourth-order valence-corrected chi connectivity index (χ4v) is 3.54. The van der Waals surface area contributed by atoms with Crippen LogP contribution < -0.4 is 10.7 Å². The van der Waals surface area contributed by atoms with Crippen molar-refractivity contribution >= 4 is 40.2 Å². The van der Waals surface area contributed by atoms with E-state index in [9.17, 15) is 9.59 Å². The molecule has 174 valence electrons. The Labute approximate surface area is 196 Å². The summed E-state index contributed by atoms with van der Waals surface area (Å²) in [6.07, 6.45) is 6.12. The molecular weight excluding hydrogens is 432 g/mol. The second-order valence-electron chi connectivity index (χ2n) is 8.77. The zero-order chi connectivity index (χ0) is 24.1. The van der Waals surface area contributed by atoms with Crippen molar-refractivity contribution < 1.29 is 14.3 Å². The lowest BCUT2D eigenvalue weighted by atomic mass is 10.0. The normalized spacial score (nSPS) is 12.7. The molecule has 0 radical (unpaired) electrons. The molecular formula is C25H26N6O3. The first-order chi connectivity index (χ1) is 16.3. The number of alkyl carbamates (subject to hydrolysis) is 1. The number of rotatable bonds is 6. The largest absolute Gasteiger partial charge is 0.444 e. The number of H-pyrrole nitrogens is 1. The van der Waals surface area contributed by atoms with Gasteiger partial charge in [0.1, 0.15) is 11.6 Å². The Morgan fingerprint density at radius 1 is 1.12 bits per heavy atom. The number of para-hydroxylation sites is 2. The van der Waals surface area contributed by atoms with Gasteiger partial charge in [-0.2, -0.15) is 5.10 Å². The number of hydrogen-bond donors (Lipinski definition) is 3. The number of carbonyl (C=O) groups excluding carboxylic acids is 2. The molecule has 2 heterocycles. The van der Waals surface area contributed by atoms with Gasteiger partial charge in [-0.1, -0.05) is 30.3 Å². The van der Waals surface area contributed by atoms with E-state index >= 15 is 0 Å². The second-order valence-corrected chi connectivity index (χ2v) is 8.77. The molecule has 2 amide bonds. The first kappa shape index (κ1) is 22.9. The predicted octanol–water partition coefficient (Wildman–Crippen LogP) is 3.70. The van der Waals surface area contributed by atoms with Crippen molar-refractivity contribution in [2.24, 2.45) is 5.10 Å². The summed E-state index contributed by atoms with van der Waals surface area (Å²) in [7, 11) is 0. The average molecular weight is 459 g/mol. The standard InChI is InChI=1S/C25H26N6O3/c1-25(2,3)34-24(33)30-21(13-17-14-28-19-9-5-4-8-18(17)19)23(32)31-29-15-16-7-6-10-20-22(16)27-12-11-26-20/h4-12,14-15,21,28H,13H2,1-3H3,(H,30,33)(H,31,32)/b29-15-/t21-/m1/s1. The van der Waals surface area contributed by atoms with Crippen molar-refractivity contribution in [3.05, 3.63) is 72.2 Å². The number of ether oxygens (including phenoxy) is 1. The minimum atomic E-state index is -0.904. The molecule has 0 spiro atoms. The van der Waals surface area contributed by atoms with Crippen molar-refractivity contribution in [3.63, 3.8) is 0 Å². The molecule has 1 atom stereocenters. The van der Waals surface area contributed by atoms with E-state index in [2.05, 4.69) is 30.8 Å². The van der Waals surface area contributed by atoms with Gasteiger partial charge in [0.2, 0.25) is 0 Å². The molecule has 9 nitrogen and oxygen atoms in total. The van der Waals surface area contributed by atoms with E-state index < -0.39 is 23.6 Å². The zero-order valence-electron chi connectivity index (χ0n) is 19.2. The Bertz CT molecular complexity index is 1350. The van der Waals surface area contributed by atoms with Crippen molar-refractivity contribution in [1.82, 2.24) is 25.7 Å². The smallest absolute Gasteiger partial charge is 0.408 e. The fourth-order valence-electron chi connectivity index (χ4n) is 3.54. The van der Waals surface area contributed by atoms with Crippen LogP contribution in [0.2, 0.25) is 0 Å². The molecule has 0 aliphatic rings. The van der Waals surface area contributed by atoms with Crippen molar-refractivity contribution in [1.29, 1.82) is 0 Å². The van der Waals surface area contributed by atoms with Crippen LogP contribution in [0.4, 0.5) is 4.79 Å². The van der Waals surface area contributed by atoms with Crippen LogP contribution >= 0.6 is 0 Å². The molecule has 9 heteroatoms. The Hall–Kier alpha value is -4.27. The zero-order valence-corrected chi connectivity index (χ0v) is 19.2. The van der Waals surface area contributed by atoms with Gasteiger partial charge in [-0.05, 0) is 38.5 Å². The molecule has 34 heavy (non-hydrogen) atoms. The molecule has 3 N–H and O–H groups in total. The number of aromatic nitrogens is 3. The van der Waals surface area contributed by atoms with Crippen molar-refractivity contribution in [2.45, 2.75) is 38.8 Å². The number of nitrogens with one attached hydrogen (secondary N) is 3. The molecule has 0 unspecified atom stereocenters. The fraction of sp³-hybridized carbons (Fsp3) is 0.240. The molecule has 4 aromatic rings. The highest BCUT2D eigenvalue weighted by Crippen LogP contribution is 2.19. The van der Waals surface area contributed by atoms with Gasteiger partial charge in [0, 0.05) is 41.5 Å². The number of aromatic amines is 1. The van der Waals surface area contributed by atoms with E-state index in [4.69, 9.17) is 4.74 Å². The lowest BCUT2D eigenvalue weighted by Gasteiger charge is -2.22. The molecule has 0 fully saturated rings. The Kier molecular flexibility index (Phi) is 6.53. The lowest BCUT2D eigenvalue weighted by Crippen LogP contribution is -2.48. The van der Waals surface area contributed by atoms with Crippen molar-refractivity contribution in [3.8, 4) is 0 Å². The summed E-state index contributed by atoms with van der Waals surface area (Å²) in [6.45, 7) is 5.29. The van der Waals surface area contributed by atoms with Crippen LogP contribution in [-0.4, -0.2) is 44.8 Å². The summed E-state index contributed by atoms with van der Waals surface area (Å²) in [5.74, 6) is -0.473. The Morgan fingerprint density at radius 2 is 1.91 bits per heavy atom. The Morgan fingerprint density at radius 3 is 2.74 bits per heavy atom. The Balaban J connectivity index is 1.52. The van der Waals surface area contributed by atoms with E-state index in [1.807, 2.05) is 48.7 Å². The van der Waals surface area contributed by atoms with E-state index in [1.54, 1.807) is 33.2 Å². The van der Waals surface area contributed by atoms with Gasteiger partial charge < -0.3 is 15.0 Å². The van der Waals surface area contributed by atoms with Gasteiger partial charge in [-0.25, -0.2) is 10.2 Å². The molecule has 4 rings (SSSR count). The van der Waals surface area contributed by atoms with E-state index in [-0.39, 0.29) is 6.42 Å². The summed E-state index contributed by atoms with van der Waals surface area (Å²) in [5, 5.41) is 7.74. The second kappa shape index (κ2) is 9.70. The molecule has 0 aliphatic heterocycles. The van der Waals surface area contributed by atoms with Gasteiger partial charge in [-0.3, -0.25) is 14.8 Å². The van der Waals surface area contributed by atoms with Gasteiger partial charge >= 0.3 is 6.09 Å². The van der Waals surface area contributed by atoms with E-state index in [1.165, 1.54) is 6.21 Å². The summed E-state index contributed by atoms with van der Waals surface area (Å²) in [5.41, 5.74) is 5.77. The van der Waals surface area contributed by atoms with Gasteiger partial charge in [0.15, 0.2) is 0 Å². The third-order valence-corrected chi connectivity index (χ3v) is 5.01. The summed E-state index contributed by atoms with van der Waals surface area (Å²) in [4.78, 5) is 37.2. The number of hydrazone groups is 1. The van der Waals surface area contributed by atoms with E-state index in [0.29, 0.717) is 11.1 Å². The summed E-state index contributed by atoms with van der Waals surface area (Å²) < 4.78 is 5.36. The molecule has 0 saturated carbocycles. The predicted molar refractivity (Wildman–Crippen MR) is 130 cm³/mol. The highest BCUT2D eigenvalue weighted by atomic mass is 16.6. The van der Waals surface area contributed by atoms with Crippen LogP contribution in [0.25, 0.3) is 21.9 Å². The summed E-state index contributed by atoms with van der Waals surface area (Å²) >= 11 is 0. The first-order valence-electron chi connectivity index (χ1n) is 10.9. The number of hydrogen-bond acceptors (Lipinski definition) is 6. The van der Waals surface area contributed by atoms with Crippen LogP contribution in [0.1, 0.15) is 31.9 Å². The van der Waals surface area contributed by atoms with Crippen molar-refractivity contribution in [2.75, 3.05) is 0 Å². The number of nitrogens with zero attached hydrogens (tertiary/aromatic N) is 3. The van der Waals surface area contributed by atoms with Crippen LogP contribution in [0.5, 0.6) is 0 Å². The molecule has 0 aliphatic carbocycles. The lowest BCUT2D eigenvalue weighted by molar-refractivity contribution is -0.123. The maximum absolute atomic E-state index is 13.0. The quantitative estimate of drug-likeness (QED) is 0.300. The molecule has 0 saturated heterocycles. The maximum Gasteiger partial charge on any atom is 0.408 e. The van der Waals surface area contributed by atoms with Crippen LogP contribution in [0.15, 0.2) is 66.2 Å². The van der Waals surface area contributed by atoms with Gasteiger partial charge in [0.05, 0.1) is 17.2 Å². The summed E-state index contributed by atoms with van der Waals surface area (Å²) in [6, 6.07) is 12.4. The van der Waals surface area contributed by atoms with Crippen LogP contribution in [0.3, 0.4) is 0 Å². The number of carbonyl (C=O) groups is 2. The van der Waals surface area contributed by atoms with Gasteiger partial charge in [0.25, 0.3) is 5.91 Å². The maximum atomic E-state index is 13.0. The highest BCUT2D eigenvalue weighted by molar-refractivity contribution is 5.96. The topological polar surface area (TPSA) is 121 Å². The van der Waals surface area contributed by atoms with Crippen LogP contribution in [-0.2, 0) is 16.0 Å². The molecule has 2 aromatic heterocycles.